The minimum absolute atomic E-state index is 0.0126. The van der Waals surface area contributed by atoms with Crippen molar-refractivity contribution < 1.29 is 14.3 Å². The highest BCUT2D eigenvalue weighted by Gasteiger charge is 2.26. The van der Waals surface area contributed by atoms with Gasteiger partial charge in [0.05, 0.1) is 19.3 Å². The molecule has 1 aliphatic heterocycles. The first-order valence-corrected chi connectivity index (χ1v) is 9.37. The number of aromatic nitrogens is 1. The van der Waals surface area contributed by atoms with E-state index in [4.69, 9.17) is 14.7 Å². The highest BCUT2D eigenvalue weighted by molar-refractivity contribution is 5.93. The molecule has 146 valence electrons. The third-order valence-corrected chi connectivity index (χ3v) is 4.80. The first kappa shape index (κ1) is 19.5. The average molecular weight is 380 g/mol. The molecule has 1 saturated heterocycles. The van der Waals surface area contributed by atoms with Gasteiger partial charge in [0.15, 0.2) is 11.5 Å². The third kappa shape index (κ3) is 4.52. The van der Waals surface area contributed by atoms with Crippen LogP contribution in [0.15, 0.2) is 36.5 Å². The van der Waals surface area contributed by atoms with Crippen molar-refractivity contribution in [2.45, 2.75) is 19.8 Å². The molecule has 2 heterocycles. The van der Waals surface area contributed by atoms with Gasteiger partial charge in [0.2, 0.25) is 5.91 Å². The third-order valence-electron chi connectivity index (χ3n) is 4.80. The van der Waals surface area contributed by atoms with Crippen LogP contribution in [0.25, 0.3) is 0 Å². The summed E-state index contributed by atoms with van der Waals surface area (Å²) >= 11 is 0. The number of hydrogen-bond acceptors (Lipinski definition) is 6. The second-order valence-electron chi connectivity index (χ2n) is 6.57. The summed E-state index contributed by atoms with van der Waals surface area (Å²) in [6, 6.07) is 11.1. The lowest BCUT2D eigenvalue weighted by molar-refractivity contribution is -0.120. The van der Waals surface area contributed by atoms with Crippen molar-refractivity contribution in [3.05, 3.63) is 42.1 Å². The molecule has 1 amide bonds. The number of rotatable bonds is 6. The number of ether oxygens (including phenoxy) is 2. The Kier molecular flexibility index (Phi) is 6.33. The number of hydrogen-bond donors (Lipinski definition) is 1. The lowest BCUT2D eigenvalue weighted by atomic mass is 9.95. The fraction of sp³-hybridized carbons (Fsp3) is 0.381. The minimum Gasteiger partial charge on any atom is -0.493 e. The molecule has 1 N–H and O–H groups in total. The van der Waals surface area contributed by atoms with E-state index in [1.165, 1.54) is 0 Å². The number of carbonyl (C=O) groups is 1. The van der Waals surface area contributed by atoms with Crippen molar-refractivity contribution in [2.75, 3.05) is 37.0 Å². The quantitative estimate of drug-likeness (QED) is 0.828. The maximum Gasteiger partial charge on any atom is 0.227 e. The molecule has 0 bridgehead atoms. The molecule has 1 fully saturated rings. The number of amides is 1. The van der Waals surface area contributed by atoms with Crippen molar-refractivity contribution in [3.63, 3.8) is 0 Å². The lowest BCUT2D eigenvalue weighted by Gasteiger charge is -2.32. The van der Waals surface area contributed by atoms with E-state index in [1.54, 1.807) is 31.5 Å². The summed E-state index contributed by atoms with van der Waals surface area (Å²) in [4.78, 5) is 19.1. The smallest absolute Gasteiger partial charge is 0.227 e. The SMILES string of the molecule is CCOc1ccc(NC(=O)C2CCN(c3ccc(C#N)cn3)CC2)cc1OC. The Morgan fingerprint density at radius 3 is 2.68 bits per heavy atom. The molecule has 0 atom stereocenters. The summed E-state index contributed by atoms with van der Waals surface area (Å²) in [6.07, 6.45) is 3.08. The number of anilines is 2. The van der Waals surface area contributed by atoms with Crippen LogP contribution in [0, 0.1) is 17.2 Å². The molecular weight excluding hydrogens is 356 g/mol. The first-order valence-electron chi connectivity index (χ1n) is 9.37. The standard InChI is InChI=1S/C21H24N4O3/c1-3-28-18-6-5-17(12-19(18)27-2)24-21(26)16-8-10-25(11-9-16)20-7-4-15(13-22)14-23-20/h4-7,12,14,16H,3,8-11H2,1-2H3,(H,24,26). The average Bonchev–Trinajstić information content (AvgIpc) is 2.75. The summed E-state index contributed by atoms with van der Waals surface area (Å²) in [5, 5.41) is 11.8. The summed E-state index contributed by atoms with van der Waals surface area (Å²) < 4.78 is 10.8. The van der Waals surface area contributed by atoms with Gasteiger partial charge in [-0.25, -0.2) is 4.98 Å². The van der Waals surface area contributed by atoms with Gasteiger partial charge in [0.25, 0.3) is 0 Å². The van der Waals surface area contributed by atoms with Gasteiger partial charge in [-0.2, -0.15) is 5.26 Å². The van der Waals surface area contributed by atoms with Crippen LogP contribution in [-0.4, -0.2) is 37.7 Å². The Hall–Kier alpha value is -3.27. The fourth-order valence-corrected chi connectivity index (χ4v) is 3.27. The molecule has 0 spiro atoms. The summed E-state index contributed by atoms with van der Waals surface area (Å²) in [5.41, 5.74) is 1.24. The summed E-state index contributed by atoms with van der Waals surface area (Å²) in [7, 11) is 1.58. The second-order valence-corrected chi connectivity index (χ2v) is 6.57. The van der Waals surface area contributed by atoms with Crippen molar-refractivity contribution in [2.24, 2.45) is 5.92 Å². The van der Waals surface area contributed by atoms with Crippen molar-refractivity contribution in [1.29, 1.82) is 5.26 Å². The highest BCUT2D eigenvalue weighted by Crippen LogP contribution is 2.31. The van der Waals surface area contributed by atoms with Crippen LogP contribution in [-0.2, 0) is 4.79 Å². The van der Waals surface area contributed by atoms with Crippen molar-refractivity contribution in [3.8, 4) is 17.6 Å². The Balaban J connectivity index is 1.57. The van der Waals surface area contributed by atoms with E-state index in [2.05, 4.69) is 21.3 Å². The summed E-state index contributed by atoms with van der Waals surface area (Å²) in [5.74, 6) is 2.06. The van der Waals surface area contributed by atoms with Gasteiger partial charge >= 0.3 is 0 Å². The van der Waals surface area contributed by atoms with Crippen LogP contribution in [0.3, 0.4) is 0 Å². The molecule has 28 heavy (non-hydrogen) atoms. The van der Waals surface area contributed by atoms with Gasteiger partial charge in [0, 0.05) is 37.0 Å². The molecule has 0 saturated carbocycles. The zero-order chi connectivity index (χ0) is 19.9. The maximum atomic E-state index is 12.7. The van der Waals surface area contributed by atoms with Crippen LogP contribution in [0.1, 0.15) is 25.3 Å². The van der Waals surface area contributed by atoms with Crippen LogP contribution in [0.5, 0.6) is 11.5 Å². The van der Waals surface area contributed by atoms with Crippen LogP contribution in [0.2, 0.25) is 0 Å². The topological polar surface area (TPSA) is 87.5 Å². The molecule has 0 radical (unpaired) electrons. The van der Waals surface area contributed by atoms with E-state index < -0.39 is 0 Å². The van der Waals surface area contributed by atoms with Crippen molar-refractivity contribution >= 4 is 17.4 Å². The normalized spacial score (nSPS) is 14.2. The van der Waals surface area contributed by atoms with E-state index in [-0.39, 0.29) is 11.8 Å². The van der Waals surface area contributed by atoms with Gasteiger partial charge in [-0.1, -0.05) is 0 Å². The van der Waals surface area contributed by atoms with Crippen LogP contribution < -0.4 is 19.7 Å². The second kappa shape index (κ2) is 9.09. The zero-order valence-electron chi connectivity index (χ0n) is 16.1. The molecule has 1 aromatic carbocycles. The predicted molar refractivity (Wildman–Crippen MR) is 107 cm³/mol. The molecular formula is C21H24N4O3. The van der Waals surface area contributed by atoms with Gasteiger partial charge < -0.3 is 19.7 Å². The van der Waals surface area contributed by atoms with Gasteiger partial charge in [-0.3, -0.25) is 4.79 Å². The van der Waals surface area contributed by atoms with Gasteiger partial charge in [0.1, 0.15) is 11.9 Å². The number of carbonyl (C=O) groups excluding carboxylic acids is 1. The van der Waals surface area contributed by atoms with Gasteiger partial charge in [-0.15, -0.1) is 0 Å². The maximum absolute atomic E-state index is 12.7. The van der Waals surface area contributed by atoms with E-state index in [0.29, 0.717) is 29.4 Å². The molecule has 7 nitrogen and oxygen atoms in total. The Morgan fingerprint density at radius 1 is 1.29 bits per heavy atom. The molecule has 1 aromatic heterocycles. The monoisotopic (exact) mass is 380 g/mol. The number of methoxy groups -OCH3 is 1. The largest absolute Gasteiger partial charge is 0.493 e. The van der Waals surface area contributed by atoms with E-state index in [9.17, 15) is 4.79 Å². The van der Waals surface area contributed by atoms with Crippen molar-refractivity contribution in [1.82, 2.24) is 4.98 Å². The number of pyridine rings is 1. The number of nitriles is 1. The molecule has 0 unspecified atom stereocenters. The highest BCUT2D eigenvalue weighted by atomic mass is 16.5. The van der Waals surface area contributed by atoms with Crippen LogP contribution in [0.4, 0.5) is 11.5 Å². The number of nitrogens with one attached hydrogen (secondary N) is 1. The fourth-order valence-electron chi connectivity index (χ4n) is 3.27. The molecule has 0 aliphatic carbocycles. The summed E-state index contributed by atoms with van der Waals surface area (Å²) in [6.45, 7) is 3.97. The number of benzene rings is 1. The molecule has 1 aliphatic rings. The first-order chi connectivity index (χ1) is 13.6. The van der Waals surface area contributed by atoms with Crippen LogP contribution >= 0.6 is 0 Å². The molecule has 7 heteroatoms. The Morgan fingerprint density at radius 2 is 2.07 bits per heavy atom. The van der Waals surface area contributed by atoms with E-state index in [0.717, 1.165) is 31.7 Å². The number of piperidine rings is 1. The molecule has 3 rings (SSSR count). The Bertz CT molecular complexity index is 853. The van der Waals surface area contributed by atoms with E-state index >= 15 is 0 Å². The molecule has 2 aromatic rings. The van der Waals surface area contributed by atoms with Gasteiger partial charge in [-0.05, 0) is 44.0 Å². The number of nitrogens with zero attached hydrogens (tertiary/aromatic N) is 3. The zero-order valence-corrected chi connectivity index (χ0v) is 16.1. The lowest BCUT2D eigenvalue weighted by Crippen LogP contribution is -2.38. The Labute approximate surface area is 164 Å². The predicted octanol–water partition coefficient (Wildman–Crippen LogP) is 3.22. The van der Waals surface area contributed by atoms with E-state index in [1.807, 2.05) is 19.1 Å². The minimum atomic E-state index is -0.0489.